The highest BCUT2D eigenvalue weighted by Gasteiger charge is 2.35. The van der Waals surface area contributed by atoms with Crippen molar-refractivity contribution < 1.29 is 14.4 Å². The van der Waals surface area contributed by atoms with E-state index in [1.54, 1.807) is 67.5 Å². The summed E-state index contributed by atoms with van der Waals surface area (Å²) >= 11 is 3.34. The lowest BCUT2D eigenvalue weighted by atomic mass is 10.1. The second-order valence-electron chi connectivity index (χ2n) is 6.93. The number of amides is 3. The number of benzene rings is 2. The Kier molecular flexibility index (Phi) is 6.14. The lowest BCUT2D eigenvalue weighted by molar-refractivity contribution is -0.132. The van der Waals surface area contributed by atoms with Crippen LogP contribution in [0.1, 0.15) is 33.6 Å². The molecule has 1 atom stereocenters. The van der Waals surface area contributed by atoms with Crippen molar-refractivity contribution in [1.29, 1.82) is 0 Å². The Morgan fingerprint density at radius 2 is 1.61 bits per heavy atom. The van der Waals surface area contributed by atoms with E-state index in [9.17, 15) is 14.4 Å². The van der Waals surface area contributed by atoms with Crippen LogP contribution in [0.2, 0.25) is 0 Å². The fourth-order valence-corrected chi connectivity index (χ4v) is 3.50. The molecule has 0 aromatic heterocycles. The highest BCUT2D eigenvalue weighted by atomic mass is 79.9. The molecule has 6 nitrogen and oxygen atoms in total. The Bertz CT molecular complexity index is 879. The summed E-state index contributed by atoms with van der Waals surface area (Å²) in [6.45, 7) is 0.575. The van der Waals surface area contributed by atoms with E-state index in [0.29, 0.717) is 29.8 Å². The number of anilines is 1. The molecule has 1 N–H and O–H groups in total. The number of halogens is 1. The molecule has 0 saturated carbocycles. The number of nitrogens with zero attached hydrogens (tertiary/aromatic N) is 2. The molecule has 1 fully saturated rings. The first-order valence-corrected chi connectivity index (χ1v) is 9.85. The van der Waals surface area contributed by atoms with E-state index in [1.807, 2.05) is 0 Å². The molecule has 28 heavy (non-hydrogen) atoms. The van der Waals surface area contributed by atoms with Crippen molar-refractivity contribution in [2.24, 2.45) is 0 Å². The van der Waals surface area contributed by atoms with Gasteiger partial charge in [0.25, 0.3) is 11.8 Å². The summed E-state index contributed by atoms with van der Waals surface area (Å²) in [5.74, 6) is -0.435. The van der Waals surface area contributed by atoms with Crippen LogP contribution in [-0.2, 0) is 4.79 Å². The van der Waals surface area contributed by atoms with Crippen molar-refractivity contribution in [3.63, 3.8) is 0 Å². The molecule has 1 aliphatic heterocycles. The van der Waals surface area contributed by atoms with E-state index in [1.165, 1.54) is 4.90 Å². The second kappa shape index (κ2) is 8.56. The van der Waals surface area contributed by atoms with Crippen LogP contribution >= 0.6 is 15.9 Å². The molecule has 3 rings (SSSR count). The molecule has 146 valence electrons. The molecule has 1 unspecified atom stereocenters. The van der Waals surface area contributed by atoms with E-state index in [0.717, 1.165) is 10.9 Å². The number of likely N-dealkylation sites (N-methyl/N-ethyl adjacent to an activating group) is 1. The second-order valence-corrected chi connectivity index (χ2v) is 7.84. The van der Waals surface area contributed by atoms with Gasteiger partial charge in [-0.15, -0.1) is 0 Å². The lowest BCUT2D eigenvalue weighted by Gasteiger charge is -2.26. The molecule has 2 aromatic carbocycles. The maximum atomic E-state index is 12.8. The zero-order valence-electron chi connectivity index (χ0n) is 15.8. The Hall–Kier alpha value is -2.67. The van der Waals surface area contributed by atoms with Crippen LogP contribution < -0.4 is 5.32 Å². The number of hydrogen-bond acceptors (Lipinski definition) is 3. The predicted molar refractivity (Wildman–Crippen MR) is 111 cm³/mol. The fourth-order valence-electron chi connectivity index (χ4n) is 3.23. The topological polar surface area (TPSA) is 69.7 Å². The van der Waals surface area contributed by atoms with Gasteiger partial charge in [0.1, 0.15) is 6.04 Å². The van der Waals surface area contributed by atoms with Gasteiger partial charge in [0.05, 0.1) is 0 Å². The molecule has 1 saturated heterocycles. The number of carbonyl (C=O) groups is 3. The van der Waals surface area contributed by atoms with Crippen LogP contribution in [0.4, 0.5) is 5.69 Å². The van der Waals surface area contributed by atoms with Crippen molar-refractivity contribution in [3.8, 4) is 0 Å². The summed E-state index contributed by atoms with van der Waals surface area (Å²) in [5.41, 5.74) is 1.65. The molecule has 0 radical (unpaired) electrons. The first-order chi connectivity index (χ1) is 13.4. The summed E-state index contributed by atoms with van der Waals surface area (Å²) < 4.78 is 0.903. The Balaban J connectivity index is 1.68. The normalized spacial score (nSPS) is 16.0. The minimum Gasteiger partial charge on any atom is -0.347 e. The third-order valence-electron chi connectivity index (χ3n) is 4.74. The summed E-state index contributed by atoms with van der Waals surface area (Å²) in [4.78, 5) is 40.6. The predicted octanol–water partition coefficient (Wildman–Crippen LogP) is 3.39. The van der Waals surface area contributed by atoms with Crippen molar-refractivity contribution in [2.75, 3.05) is 26.0 Å². The van der Waals surface area contributed by atoms with E-state index < -0.39 is 6.04 Å². The van der Waals surface area contributed by atoms with E-state index in [4.69, 9.17) is 0 Å². The molecule has 1 aliphatic rings. The first-order valence-electron chi connectivity index (χ1n) is 9.06. The van der Waals surface area contributed by atoms with Gasteiger partial charge in [-0.25, -0.2) is 0 Å². The van der Waals surface area contributed by atoms with Crippen molar-refractivity contribution in [2.45, 2.75) is 18.9 Å². The van der Waals surface area contributed by atoms with Crippen LogP contribution in [0.15, 0.2) is 53.0 Å². The van der Waals surface area contributed by atoms with E-state index in [2.05, 4.69) is 21.2 Å². The number of carbonyl (C=O) groups excluding carboxylic acids is 3. The van der Waals surface area contributed by atoms with Crippen LogP contribution in [0.25, 0.3) is 0 Å². The van der Waals surface area contributed by atoms with Crippen LogP contribution in [0.3, 0.4) is 0 Å². The highest BCUT2D eigenvalue weighted by molar-refractivity contribution is 9.10. The maximum absolute atomic E-state index is 12.8. The maximum Gasteiger partial charge on any atom is 0.255 e. The molecule has 0 bridgehead atoms. The average Bonchev–Trinajstić information content (AvgIpc) is 3.17. The van der Waals surface area contributed by atoms with Gasteiger partial charge in [-0.1, -0.05) is 15.9 Å². The Morgan fingerprint density at radius 3 is 2.21 bits per heavy atom. The van der Waals surface area contributed by atoms with Crippen molar-refractivity contribution >= 4 is 39.3 Å². The zero-order chi connectivity index (χ0) is 20.3. The van der Waals surface area contributed by atoms with Gasteiger partial charge in [0.15, 0.2) is 0 Å². The Labute approximate surface area is 172 Å². The van der Waals surface area contributed by atoms with Gasteiger partial charge in [0.2, 0.25) is 5.91 Å². The minimum absolute atomic E-state index is 0.0516. The fraction of sp³-hybridized carbons (Fsp3) is 0.286. The largest absolute Gasteiger partial charge is 0.347 e. The summed E-state index contributed by atoms with van der Waals surface area (Å²) in [5, 5.41) is 2.82. The monoisotopic (exact) mass is 443 g/mol. The number of hydrogen-bond donors (Lipinski definition) is 1. The standard InChI is InChI=1S/C21H22BrN3O3/c1-24(2)21(28)18-4-3-13-25(18)20(27)15-7-11-17(12-8-15)23-19(26)14-5-9-16(22)10-6-14/h5-12,18H,3-4,13H2,1-2H3,(H,23,26). The van der Waals surface area contributed by atoms with Crippen LogP contribution in [-0.4, -0.2) is 54.2 Å². The van der Waals surface area contributed by atoms with Crippen LogP contribution in [0, 0.1) is 0 Å². The average molecular weight is 444 g/mol. The van der Waals surface area contributed by atoms with Gasteiger partial charge in [-0.2, -0.15) is 0 Å². The Morgan fingerprint density at radius 1 is 1.00 bits per heavy atom. The highest BCUT2D eigenvalue weighted by Crippen LogP contribution is 2.22. The number of rotatable bonds is 4. The molecular weight excluding hydrogens is 422 g/mol. The third-order valence-corrected chi connectivity index (χ3v) is 5.26. The van der Waals surface area contributed by atoms with Gasteiger partial charge >= 0.3 is 0 Å². The number of nitrogens with one attached hydrogen (secondary N) is 1. The van der Waals surface area contributed by atoms with E-state index >= 15 is 0 Å². The summed E-state index contributed by atoms with van der Waals surface area (Å²) in [6, 6.07) is 13.4. The smallest absolute Gasteiger partial charge is 0.255 e. The van der Waals surface area contributed by atoms with Gasteiger partial charge in [0, 0.05) is 41.9 Å². The third kappa shape index (κ3) is 4.42. The molecule has 3 amide bonds. The molecule has 0 spiro atoms. The van der Waals surface area contributed by atoms with Gasteiger partial charge in [-0.3, -0.25) is 14.4 Å². The SMILES string of the molecule is CN(C)C(=O)C1CCCN1C(=O)c1ccc(NC(=O)c2ccc(Br)cc2)cc1. The number of likely N-dealkylation sites (tertiary alicyclic amines) is 1. The molecular formula is C21H22BrN3O3. The molecule has 0 aliphatic carbocycles. The van der Waals surface area contributed by atoms with Crippen molar-refractivity contribution in [3.05, 3.63) is 64.1 Å². The van der Waals surface area contributed by atoms with Gasteiger partial charge < -0.3 is 15.1 Å². The zero-order valence-corrected chi connectivity index (χ0v) is 17.4. The quantitative estimate of drug-likeness (QED) is 0.786. The molecule has 2 aromatic rings. The van der Waals surface area contributed by atoms with Crippen molar-refractivity contribution in [1.82, 2.24) is 9.80 Å². The minimum atomic E-state index is -0.403. The van der Waals surface area contributed by atoms with Gasteiger partial charge in [-0.05, 0) is 61.4 Å². The first kappa shape index (κ1) is 20.1. The summed E-state index contributed by atoms with van der Waals surface area (Å²) in [6.07, 6.45) is 1.50. The molecule has 7 heteroatoms. The van der Waals surface area contributed by atoms with E-state index in [-0.39, 0.29) is 17.7 Å². The lowest BCUT2D eigenvalue weighted by Crippen LogP contribution is -2.45. The van der Waals surface area contributed by atoms with Crippen LogP contribution in [0.5, 0.6) is 0 Å². The molecule has 1 heterocycles. The summed E-state index contributed by atoms with van der Waals surface area (Å²) in [7, 11) is 3.40.